The van der Waals surface area contributed by atoms with Crippen LogP contribution in [-0.4, -0.2) is 32.1 Å². The van der Waals surface area contributed by atoms with Crippen LogP contribution in [0.5, 0.6) is 0 Å². The predicted molar refractivity (Wildman–Crippen MR) is 131 cm³/mol. The Morgan fingerprint density at radius 3 is 2.61 bits per heavy atom. The minimum absolute atomic E-state index is 0.752. The molecule has 0 aliphatic heterocycles. The summed E-state index contributed by atoms with van der Waals surface area (Å²) in [7, 11) is 0. The lowest BCUT2D eigenvalue weighted by molar-refractivity contribution is 0.682. The molecule has 1 saturated carbocycles. The van der Waals surface area contributed by atoms with E-state index in [1.807, 2.05) is 36.8 Å². The summed E-state index contributed by atoms with van der Waals surface area (Å²) < 4.78 is 2.14. The lowest BCUT2D eigenvalue weighted by Gasteiger charge is -2.09. The van der Waals surface area contributed by atoms with E-state index < -0.39 is 0 Å². The first-order valence-corrected chi connectivity index (χ1v) is 11.3. The van der Waals surface area contributed by atoms with Crippen molar-refractivity contribution in [2.45, 2.75) is 25.3 Å². The topological polar surface area (TPSA) is 55.6 Å². The van der Waals surface area contributed by atoms with E-state index in [2.05, 4.69) is 67.0 Å². The zero-order valence-corrected chi connectivity index (χ0v) is 18.2. The van der Waals surface area contributed by atoms with Crippen molar-refractivity contribution in [3.05, 3.63) is 96.2 Å². The molecule has 5 nitrogen and oxygen atoms in total. The maximum absolute atomic E-state index is 4.61. The van der Waals surface area contributed by atoms with Crippen LogP contribution >= 0.6 is 0 Å². The Balaban J connectivity index is 1.35. The Bertz CT molecular complexity index is 1490. The number of fused-ring (bicyclic) bond motifs is 3. The highest BCUT2D eigenvalue weighted by Gasteiger charge is 2.19. The second-order valence-electron chi connectivity index (χ2n) is 8.48. The molecule has 160 valence electrons. The van der Waals surface area contributed by atoms with Gasteiger partial charge in [-0.2, -0.15) is 0 Å². The summed E-state index contributed by atoms with van der Waals surface area (Å²) in [5, 5.41) is 4.62. The number of hydrogen-bond donors (Lipinski definition) is 1. The summed E-state index contributed by atoms with van der Waals surface area (Å²) >= 11 is 0. The van der Waals surface area contributed by atoms with Crippen LogP contribution in [0.25, 0.3) is 27.6 Å². The molecule has 33 heavy (non-hydrogen) atoms. The number of hydrogen-bond acceptors (Lipinski definition) is 4. The second kappa shape index (κ2) is 8.50. The normalized spacial score (nSPS) is 13.2. The van der Waals surface area contributed by atoms with Crippen molar-refractivity contribution >= 4 is 21.9 Å². The standard InChI is InChI=1S/C28H23N5/c1-2-22(17-29-14-1)4-3-21-7-12-26-25(16-21)28-27(18-31-26)32-19-33(28)24-10-5-20(6-11-24)13-15-30-23-8-9-23/h1-2,5-7,10-12,14,16-19,23,30H,8-9,13,15H2. The van der Waals surface area contributed by atoms with Gasteiger partial charge in [0.25, 0.3) is 0 Å². The molecule has 0 unspecified atom stereocenters. The van der Waals surface area contributed by atoms with Gasteiger partial charge in [-0.05, 0) is 73.8 Å². The lowest BCUT2D eigenvalue weighted by atomic mass is 10.1. The van der Waals surface area contributed by atoms with Gasteiger partial charge in [0.2, 0.25) is 0 Å². The number of imidazole rings is 1. The van der Waals surface area contributed by atoms with Gasteiger partial charge < -0.3 is 5.32 Å². The molecule has 1 N–H and O–H groups in total. The van der Waals surface area contributed by atoms with Crippen molar-refractivity contribution in [2.24, 2.45) is 0 Å². The molecule has 0 amide bonds. The Hall–Kier alpha value is -4.01. The molecule has 1 fully saturated rings. The molecule has 3 aromatic heterocycles. The van der Waals surface area contributed by atoms with E-state index in [1.165, 1.54) is 18.4 Å². The molecule has 0 atom stereocenters. The Kier molecular flexibility index (Phi) is 5.06. The first-order valence-electron chi connectivity index (χ1n) is 11.3. The first kappa shape index (κ1) is 19.7. The van der Waals surface area contributed by atoms with E-state index in [-0.39, 0.29) is 0 Å². The summed E-state index contributed by atoms with van der Waals surface area (Å²) in [4.78, 5) is 13.3. The molecule has 0 bridgehead atoms. The Morgan fingerprint density at radius 1 is 0.909 bits per heavy atom. The van der Waals surface area contributed by atoms with Crippen molar-refractivity contribution in [1.82, 2.24) is 24.8 Å². The monoisotopic (exact) mass is 429 g/mol. The fraction of sp³-hybridized carbons (Fsp3) is 0.179. The number of benzene rings is 2. The molecule has 5 heteroatoms. The van der Waals surface area contributed by atoms with Crippen LogP contribution in [0.4, 0.5) is 0 Å². The number of nitrogens with zero attached hydrogens (tertiary/aromatic N) is 4. The highest BCUT2D eigenvalue weighted by Crippen LogP contribution is 2.27. The fourth-order valence-electron chi connectivity index (χ4n) is 4.08. The average molecular weight is 430 g/mol. The van der Waals surface area contributed by atoms with Crippen LogP contribution in [0, 0.1) is 11.8 Å². The summed E-state index contributed by atoms with van der Waals surface area (Å²) in [6.45, 7) is 1.04. The van der Waals surface area contributed by atoms with Crippen LogP contribution in [0.3, 0.4) is 0 Å². The van der Waals surface area contributed by atoms with Crippen molar-refractivity contribution < 1.29 is 0 Å². The molecule has 1 aliphatic carbocycles. The van der Waals surface area contributed by atoms with Crippen LogP contribution in [-0.2, 0) is 6.42 Å². The zero-order valence-electron chi connectivity index (χ0n) is 18.2. The first-order chi connectivity index (χ1) is 16.3. The van der Waals surface area contributed by atoms with Gasteiger partial charge in [0.05, 0.1) is 17.2 Å². The molecule has 6 rings (SSSR count). The van der Waals surface area contributed by atoms with Gasteiger partial charge in [0, 0.05) is 40.6 Å². The lowest BCUT2D eigenvalue weighted by Crippen LogP contribution is -2.19. The molecule has 1 aliphatic rings. The summed E-state index contributed by atoms with van der Waals surface area (Å²) in [5.41, 5.74) is 7.12. The number of aromatic nitrogens is 4. The van der Waals surface area contributed by atoms with Crippen molar-refractivity contribution in [3.63, 3.8) is 0 Å². The third kappa shape index (κ3) is 4.21. The van der Waals surface area contributed by atoms with E-state index >= 15 is 0 Å². The number of nitrogens with one attached hydrogen (secondary N) is 1. The molecular weight excluding hydrogens is 406 g/mol. The van der Waals surface area contributed by atoms with E-state index in [4.69, 9.17) is 0 Å². The van der Waals surface area contributed by atoms with Crippen LogP contribution in [0.2, 0.25) is 0 Å². The largest absolute Gasteiger partial charge is 0.314 e. The van der Waals surface area contributed by atoms with Crippen molar-refractivity contribution in [3.8, 4) is 17.5 Å². The van der Waals surface area contributed by atoms with Gasteiger partial charge in [-0.3, -0.25) is 14.5 Å². The van der Waals surface area contributed by atoms with Crippen molar-refractivity contribution in [1.29, 1.82) is 0 Å². The number of pyridine rings is 2. The molecule has 0 radical (unpaired) electrons. The minimum atomic E-state index is 0.752. The highest BCUT2D eigenvalue weighted by molar-refractivity contribution is 6.03. The SMILES string of the molecule is C(#Cc1ccc2ncc3ncn(-c4ccc(CCNC5CC5)cc4)c3c2c1)c1cccnc1. The van der Waals surface area contributed by atoms with Gasteiger partial charge in [0.1, 0.15) is 11.8 Å². The van der Waals surface area contributed by atoms with E-state index in [0.717, 1.165) is 57.8 Å². The van der Waals surface area contributed by atoms with Crippen LogP contribution in [0.1, 0.15) is 29.5 Å². The average Bonchev–Trinajstić information content (AvgIpc) is 3.59. The Labute approximate surface area is 192 Å². The third-order valence-electron chi connectivity index (χ3n) is 6.02. The molecular formula is C28H23N5. The maximum Gasteiger partial charge on any atom is 0.108 e. The van der Waals surface area contributed by atoms with Gasteiger partial charge in [-0.15, -0.1) is 0 Å². The molecule has 5 aromatic rings. The van der Waals surface area contributed by atoms with E-state index in [1.54, 1.807) is 12.4 Å². The molecule has 3 heterocycles. The van der Waals surface area contributed by atoms with Crippen LogP contribution < -0.4 is 5.32 Å². The predicted octanol–water partition coefficient (Wildman–Crippen LogP) is 4.66. The zero-order chi connectivity index (χ0) is 22.0. The van der Waals surface area contributed by atoms with E-state index in [9.17, 15) is 0 Å². The van der Waals surface area contributed by atoms with Gasteiger partial charge in [-0.1, -0.05) is 24.0 Å². The highest BCUT2D eigenvalue weighted by atomic mass is 15.1. The fourth-order valence-corrected chi connectivity index (χ4v) is 4.08. The van der Waals surface area contributed by atoms with Crippen molar-refractivity contribution in [2.75, 3.05) is 6.54 Å². The smallest absolute Gasteiger partial charge is 0.108 e. The molecule has 0 spiro atoms. The van der Waals surface area contributed by atoms with Gasteiger partial charge in [0.15, 0.2) is 0 Å². The summed E-state index contributed by atoms with van der Waals surface area (Å²) in [5.74, 6) is 6.44. The second-order valence-corrected chi connectivity index (χ2v) is 8.48. The minimum Gasteiger partial charge on any atom is -0.314 e. The van der Waals surface area contributed by atoms with Gasteiger partial charge in [-0.25, -0.2) is 4.98 Å². The van der Waals surface area contributed by atoms with E-state index in [0.29, 0.717) is 0 Å². The van der Waals surface area contributed by atoms with Gasteiger partial charge >= 0.3 is 0 Å². The molecule has 0 saturated heterocycles. The molecule has 2 aromatic carbocycles. The summed E-state index contributed by atoms with van der Waals surface area (Å²) in [6.07, 6.45) is 10.9. The van der Waals surface area contributed by atoms with Crippen LogP contribution in [0.15, 0.2) is 79.5 Å². The quantitative estimate of drug-likeness (QED) is 0.413. The third-order valence-corrected chi connectivity index (χ3v) is 6.02. The number of rotatable bonds is 5. The maximum atomic E-state index is 4.61. The summed E-state index contributed by atoms with van der Waals surface area (Å²) in [6, 6.07) is 19.5. The Morgan fingerprint density at radius 2 is 1.79 bits per heavy atom.